The summed E-state index contributed by atoms with van der Waals surface area (Å²) in [6, 6.07) is 7.82. The van der Waals surface area contributed by atoms with Crippen molar-refractivity contribution in [1.82, 2.24) is 0 Å². The van der Waals surface area contributed by atoms with Crippen LogP contribution in [0, 0.1) is 0 Å². The highest BCUT2D eigenvalue weighted by Crippen LogP contribution is 2.17. The number of hydrogen-bond donors (Lipinski definition) is 1. The van der Waals surface area contributed by atoms with Crippen LogP contribution in [0.4, 0.5) is 0 Å². The van der Waals surface area contributed by atoms with E-state index in [1.807, 2.05) is 24.3 Å². The fraction of sp³-hybridized carbons (Fsp3) is 0.462. The van der Waals surface area contributed by atoms with E-state index < -0.39 is 0 Å². The third-order valence-corrected chi connectivity index (χ3v) is 3.27. The maximum absolute atomic E-state index is 11.7. The lowest BCUT2D eigenvalue weighted by atomic mass is 10.0. The van der Waals surface area contributed by atoms with Gasteiger partial charge in [0.1, 0.15) is 5.78 Å². The van der Waals surface area contributed by atoms with Gasteiger partial charge in [-0.1, -0.05) is 47.5 Å². The van der Waals surface area contributed by atoms with Crippen molar-refractivity contribution in [1.29, 1.82) is 0 Å². The maximum Gasteiger partial charge on any atom is 0.138 e. The van der Waals surface area contributed by atoms with E-state index in [1.54, 1.807) is 0 Å². The second kappa shape index (κ2) is 6.81. The first-order valence-corrected chi connectivity index (χ1v) is 6.43. The molecule has 1 aromatic rings. The molecule has 16 heavy (non-hydrogen) atoms. The molecule has 0 spiro atoms. The van der Waals surface area contributed by atoms with Crippen LogP contribution < -0.4 is 5.73 Å². The molecule has 0 amide bonds. The zero-order chi connectivity index (χ0) is 12.0. The van der Waals surface area contributed by atoms with Gasteiger partial charge in [-0.3, -0.25) is 4.79 Å². The maximum atomic E-state index is 11.7. The molecule has 88 valence electrons. The van der Waals surface area contributed by atoms with Gasteiger partial charge in [-0.25, -0.2) is 0 Å². The minimum absolute atomic E-state index is 0.0139. The highest BCUT2D eigenvalue weighted by atomic mass is 79.9. The van der Waals surface area contributed by atoms with Gasteiger partial charge in [-0.2, -0.15) is 0 Å². The molecule has 1 aromatic carbocycles. The van der Waals surface area contributed by atoms with Crippen LogP contribution in [0.15, 0.2) is 28.7 Å². The Morgan fingerprint density at radius 1 is 1.44 bits per heavy atom. The molecule has 0 radical (unpaired) electrons. The van der Waals surface area contributed by atoms with Gasteiger partial charge in [-0.05, 0) is 18.1 Å². The second-order valence-electron chi connectivity index (χ2n) is 4.06. The average molecular weight is 284 g/mol. The van der Waals surface area contributed by atoms with Gasteiger partial charge < -0.3 is 5.73 Å². The molecule has 0 heterocycles. The van der Waals surface area contributed by atoms with Gasteiger partial charge in [0.25, 0.3) is 0 Å². The van der Waals surface area contributed by atoms with E-state index in [-0.39, 0.29) is 11.8 Å². The molecule has 0 aliphatic rings. The highest BCUT2D eigenvalue weighted by molar-refractivity contribution is 9.10. The average Bonchev–Trinajstić information content (AvgIpc) is 2.21. The second-order valence-corrected chi connectivity index (χ2v) is 4.91. The van der Waals surface area contributed by atoms with E-state index in [4.69, 9.17) is 5.73 Å². The lowest BCUT2D eigenvalue weighted by molar-refractivity contribution is -0.118. The van der Waals surface area contributed by atoms with Crippen molar-refractivity contribution < 1.29 is 4.79 Å². The summed E-state index contributed by atoms with van der Waals surface area (Å²) in [4.78, 5) is 11.7. The Balaban J connectivity index is 2.49. The number of nitrogens with two attached hydrogens (primary N) is 1. The molecule has 0 saturated heterocycles. The smallest absolute Gasteiger partial charge is 0.138 e. The number of carbonyl (C=O) groups is 1. The van der Waals surface area contributed by atoms with Crippen LogP contribution in [-0.4, -0.2) is 11.8 Å². The summed E-state index contributed by atoms with van der Waals surface area (Å²) in [5.74, 6) is 0.216. The Labute approximate surface area is 105 Å². The number of Topliss-reactive ketones (excluding diaryl/α,β-unsaturated/α-hetero) is 1. The summed E-state index contributed by atoms with van der Waals surface area (Å²) in [6.07, 6.45) is 2.90. The van der Waals surface area contributed by atoms with Crippen molar-refractivity contribution >= 4 is 21.7 Å². The number of rotatable bonds is 6. The summed E-state index contributed by atoms with van der Waals surface area (Å²) in [6.45, 7) is 2.08. The minimum Gasteiger partial charge on any atom is -0.327 e. The molecule has 0 fully saturated rings. The standard InChI is InChI=1S/C13H18BrNO/c1-2-5-11(15)9-12(16)8-10-6-3-4-7-13(10)14/h3-4,6-7,11H,2,5,8-9,15H2,1H3. The van der Waals surface area contributed by atoms with Crippen LogP contribution >= 0.6 is 15.9 Å². The fourth-order valence-corrected chi connectivity index (χ4v) is 2.12. The van der Waals surface area contributed by atoms with Crippen LogP contribution in [0.5, 0.6) is 0 Å². The van der Waals surface area contributed by atoms with Gasteiger partial charge in [0.05, 0.1) is 0 Å². The van der Waals surface area contributed by atoms with E-state index in [0.29, 0.717) is 12.8 Å². The Morgan fingerprint density at radius 3 is 2.75 bits per heavy atom. The molecule has 1 atom stereocenters. The SMILES string of the molecule is CCCC(N)CC(=O)Cc1ccccc1Br. The Kier molecular flexibility index (Phi) is 5.71. The van der Waals surface area contributed by atoms with Crippen LogP contribution in [0.1, 0.15) is 31.7 Å². The van der Waals surface area contributed by atoms with E-state index >= 15 is 0 Å². The normalized spacial score (nSPS) is 12.4. The van der Waals surface area contributed by atoms with E-state index in [9.17, 15) is 4.79 Å². The molecule has 0 aliphatic heterocycles. The first-order valence-electron chi connectivity index (χ1n) is 5.64. The molecule has 0 saturated carbocycles. The van der Waals surface area contributed by atoms with Crippen molar-refractivity contribution in [3.05, 3.63) is 34.3 Å². The number of hydrogen-bond acceptors (Lipinski definition) is 2. The summed E-state index contributed by atoms with van der Waals surface area (Å²) >= 11 is 3.44. The Hall–Kier alpha value is -0.670. The molecule has 2 N–H and O–H groups in total. The summed E-state index contributed by atoms with van der Waals surface area (Å²) in [5, 5.41) is 0. The zero-order valence-electron chi connectivity index (χ0n) is 9.58. The Morgan fingerprint density at radius 2 is 2.12 bits per heavy atom. The zero-order valence-corrected chi connectivity index (χ0v) is 11.2. The van der Waals surface area contributed by atoms with Crippen molar-refractivity contribution in [2.45, 2.75) is 38.6 Å². The Bertz CT molecular complexity index is 352. The number of halogens is 1. The summed E-state index contributed by atoms with van der Waals surface area (Å²) < 4.78 is 0.993. The third kappa shape index (κ3) is 4.45. The monoisotopic (exact) mass is 283 g/mol. The third-order valence-electron chi connectivity index (χ3n) is 2.49. The quantitative estimate of drug-likeness (QED) is 0.872. The van der Waals surface area contributed by atoms with Crippen LogP contribution in [-0.2, 0) is 11.2 Å². The van der Waals surface area contributed by atoms with Gasteiger partial charge in [-0.15, -0.1) is 0 Å². The largest absolute Gasteiger partial charge is 0.327 e. The number of ketones is 1. The predicted molar refractivity (Wildman–Crippen MR) is 70.4 cm³/mol. The van der Waals surface area contributed by atoms with Crippen molar-refractivity contribution in [3.8, 4) is 0 Å². The minimum atomic E-state index is 0.0139. The molecule has 0 aliphatic carbocycles. The van der Waals surface area contributed by atoms with Crippen LogP contribution in [0.3, 0.4) is 0 Å². The molecule has 1 rings (SSSR count). The van der Waals surface area contributed by atoms with E-state index in [0.717, 1.165) is 22.9 Å². The van der Waals surface area contributed by atoms with Gasteiger partial charge in [0, 0.05) is 23.4 Å². The van der Waals surface area contributed by atoms with Gasteiger partial charge in [0.15, 0.2) is 0 Å². The van der Waals surface area contributed by atoms with Crippen molar-refractivity contribution in [2.75, 3.05) is 0 Å². The molecule has 0 aromatic heterocycles. The van der Waals surface area contributed by atoms with Gasteiger partial charge in [0.2, 0.25) is 0 Å². The van der Waals surface area contributed by atoms with E-state index in [1.165, 1.54) is 0 Å². The topological polar surface area (TPSA) is 43.1 Å². The molecular formula is C13H18BrNO. The molecule has 2 nitrogen and oxygen atoms in total. The van der Waals surface area contributed by atoms with Crippen molar-refractivity contribution in [2.24, 2.45) is 5.73 Å². The van der Waals surface area contributed by atoms with E-state index in [2.05, 4.69) is 22.9 Å². The highest BCUT2D eigenvalue weighted by Gasteiger charge is 2.10. The first kappa shape index (κ1) is 13.4. The molecule has 3 heteroatoms. The molecular weight excluding hydrogens is 266 g/mol. The van der Waals surface area contributed by atoms with Crippen LogP contribution in [0.2, 0.25) is 0 Å². The fourth-order valence-electron chi connectivity index (χ4n) is 1.69. The predicted octanol–water partition coefficient (Wildman–Crippen LogP) is 3.08. The number of benzene rings is 1. The lowest BCUT2D eigenvalue weighted by Gasteiger charge is -2.09. The molecule has 0 bridgehead atoms. The first-order chi connectivity index (χ1) is 7.63. The number of carbonyl (C=O) groups excluding carboxylic acids is 1. The van der Waals surface area contributed by atoms with Crippen LogP contribution in [0.25, 0.3) is 0 Å². The van der Waals surface area contributed by atoms with Crippen molar-refractivity contribution in [3.63, 3.8) is 0 Å². The lowest BCUT2D eigenvalue weighted by Crippen LogP contribution is -2.24. The van der Waals surface area contributed by atoms with Gasteiger partial charge >= 0.3 is 0 Å². The molecule has 1 unspecified atom stereocenters. The summed E-state index contributed by atoms with van der Waals surface area (Å²) in [7, 11) is 0. The summed E-state index contributed by atoms with van der Waals surface area (Å²) in [5.41, 5.74) is 6.88.